The molecule has 5 rings (SSSR count). The minimum atomic E-state index is -0.542. The van der Waals surface area contributed by atoms with Crippen LogP contribution in [0.3, 0.4) is 0 Å². The molecule has 2 N–H and O–H groups in total. The van der Waals surface area contributed by atoms with E-state index < -0.39 is 5.41 Å². The topological polar surface area (TPSA) is 103 Å². The Balaban J connectivity index is 1.41. The van der Waals surface area contributed by atoms with E-state index >= 15 is 0 Å². The van der Waals surface area contributed by atoms with Crippen LogP contribution in [0.4, 0.5) is 23.1 Å². The van der Waals surface area contributed by atoms with Crippen LogP contribution in [0.5, 0.6) is 5.75 Å². The molecule has 1 atom stereocenters. The number of likely N-dealkylation sites (tertiary alicyclic amines) is 1. The molecule has 38 heavy (non-hydrogen) atoms. The van der Waals surface area contributed by atoms with Crippen LogP contribution in [0, 0.1) is 5.41 Å². The van der Waals surface area contributed by atoms with Gasteiger partial charge in [-0.2, -0.15) is 4.98 Å². The van der Waals surface area contributed by atoms with Gasteiger partial charge in [0, 0.05) is 37.8 Å². The number of hydrogen-bond donors (Lipinski definition) is 2. The quantitative estimate of drug-likeness (QED) is 0.596. The standard InChI is InChI=1S/C28H39N7O3/c1-28(2)17-35(20-8-6-7-9-20)24-22(34(4)26(28)37)15-29-27(32-24)31-21-11-10-18(14-23(21)38-5)25(36)30-19-12-13-33(3)16-19/h10-11,14-15,19-20H,6-9,12-13,16-17H2,1-5H3,(H,30,36)(H,29,31,32)/t19-/m0/s1. The molecule has 0 unspecified atom stereocenters. The molecular weight excluding hydrogens is 482 g/mol. The second kappa shape index (κ2) is 10.4. The highest BCUT2D eigenvalue weighted by atomic mass is 16.5. The number of carbonyl (C=O) groups excluding carboxylic acids is 2. The lowest BCUT2D eigenvalue weighted by atomic mass is 9.91. The van der Waals surface area contributed by atoms with Gasteiger partial charge in [0.25, 0.3) is 5.91 Å². The molecule has 204 valence electrons. The minimum absolute atomic E-state index is 0.0586. The number of aromatic nitrogens is 2. The molecule has 0 bridgehead atoms. The first kappa shape index (κ1) is 26.2. The van der Waals surface area contributed by atoms with E-state index in [0.29, 0.717) is 35.5 Å². The summed E-state index contributed by atoms with van der Waals surface area (Å²) in [5.74, 6) is 1.66. The van der Waals surface area contributed by atoms with Gasteiger partial charge in [0.15, 0.2) is 5.82 Å². The van der Waals surface area contributed by atoms with E-state index in [1.807, 2.05) is 19.9 Å². The van der Waals surface area contributed by atoms with Crippen molar-refractivity contribution in [2.24, 2.45) is 5.41 Å². The average Bonchev–Trinajstić information content (AvgIpc) is 3.57. The van der Waals surface area contributed by atoms with Gasteiger partial charge in [-0.15, -0.1) is 0 Å². The summed E-state index contributed by atoms with van der Waals surface area (Å²) >= 11 is 0. The van der Waals surface area contributed by atoms with Crippen molar-refractivity contribution >= 4 is 35.0 Å². The highest BCUT2D eigenvalue weighted by molar-refractivity contribution is 6.01. The number of nitrogens with one attached hydrogen (secondary N) is 2. The van der Waals surface area contributed by atoms with E-state index in [1.165, 1.54) is 12.8 Å². The Hall–Kier alpha value is -3.40. The molecule has 1 aliphatic carbocycles. The van der Waals surface area contributed by atoms with Gasteiger partial charge in [0.1, 0.15) is 11.4 Å². The molecule has 0 spiro atoms. The van der Waals surface area contributed by atoms with Gasteiger partial charge in [-0.05, 0) is 64.9 Å². The fraction of sp³-hybridized carbons (Fsp3) is 0.571. The minimum Gasteiger partial charge on any atom is -0.495 e. The SMILES string of the molecule is COc1cc(C(=O)N[C@H]2CCN(C)C2)ccc1Nc1ncc2c(n1)N(C1CCCC1)CC(C)(C)C(=O)N2C. The van der Waals surface area contributed by atoms with Crippen molar-refractivity contribution in [2.45, 2.75) is 58.0 Å². The summed E-state index contributed by atoms with van der Waals surface area (Å²) in [6, 6.07) is 5.84. The van der Waals surface area contributed by atoms with E-state index in [4.69, 9.17) is 9.72 Å². The molecule has 1 saturated carbocycles. The number of anilines is 4. The molecule has 0 radical (unpaired) electrons. The summed E-state index contributed by atoms with van der Waals surface area (Å²) < 4.78 is 5.62. The molecule has 2 aromatic rings. The van der Waals surface area contributed by atoms with Gasteiger partial charge in [-0.3, -0.25) is 9.59 Å². The average molecular weight is 522 g/mol. The lowest BCUT2D eigenvalue weighted by Crippen LogP contribution is -2.45. The number of likely N-dealkylation sites (N-methyl/N-ethyl adjacent to an activating group) is 1. The number of hydrogen-bond acceptors (Lipinski definition) is 8. The van der Waals surface area contributed by atoms with Crippen molar-refractivity contribution in [3.8, 4) is 5.75 Å². The molecule has 10 nitrogen and oxygen atoms in total. The molecule has 2 aliphatic heterocycles. The predicted octanol–water partition coefficient (Wildman–Crippen LogP) is 3.41. The summed E-state index contributed by atoms with van der Waals surface area (Å²) in [5.41, 5.74) is 1.38. The maximum Gasteiger partial charge on any atom is 0.251 e. The van der Waals surface area contributed by atoms with E-state index in [0.717, 1.165) is 43.9 Å². The lowest BCUT2D eigenvalue weighted by molar-refractivity contribution is -0.125. The van der Waals surface area contributed by atoms with E-state index in [-0.39, 0.29) is 17.9 Å². The maximum atomic E-state index is 13.2. The van der Waals surface area contributed by atoms with Crippen molar-refractivity contribution in [3.63, 3.8) is 0 Å². The monoisotopic (exact) mass is 521 g/mol. The van der Waals surface area contributed by atoms with Crippen molar-refractivity contribution in [2.75, 3.05) is 56.0 Å². The molecule has 10 heteroatoms. The molecule has 2 fully saturated rings. The van der Waals surface area contributed by atoms with Crippen LogP contribution in [0.2, 0.25) is 0 Å². The number of ether oxygens (including phenoxy) is 1. The van der Waals surface area contributed by atoms with E-state index in [1.54, 1.807) is 37.4 Å². The fourth-order valence-electron chi connectivity index (χ4n) is 5.90. The summed E-state index contributed by atoms with van der Waals surface area (Å²) in [7, 11) is 5.44. The zero-order chi connectivity index (χ0) is 27.0. The van der Waals surface area contributed by atoms with E-state index in [2.05, 4.69) is 32.5 Å². The number of methoxy groups -OCH3 is 1. The summed E-state index contributed by atoms with van der Waals surface area (Å²) in [6.07, 6.45) is 7.23. The second-order valence-electron chi connectivity index (χ2n) is 11.5. The number of carbonyl (C=O) groups is 2. The highest BCUT2D eigenvalue weighted by Crippen LogP contribution is 2.40. The molecule has 3 aliphatic rings. The summed E-state index contributed by atoms with van der Waals surface area (Å²) in [6.45, 7) is 6.44. The van der Waals surface area contributed by atoms with Crippen molar-refractivity contribution in [3.05, 3.63) is 30.0 Å². The third kappa shape index (κ3) is 5.14. The normalized spacial score (nSPS) is 21.8. The van der Waals surface area contributed by atoms with Crippen LogP contribution in [0.25, 0.3) is 0 Å². The van der Waals surface area contributed by atoms with Gasteiger partial charge >= 0.3 is 0 Å². The molecule has 2 amide bonds. The molecular formula is C28H39N7O3. The van der Waals surface area contributed by atoms with Crippen molar-refractivity contribution in [1.29, 1.82) is 0 Å². The van der Waals surface area contributed by atoms with Gasteiger partial charge in [-0.25, -0.2) is 4.98 Å². The van der Waals surface area contributed by atoms with Crippen LogP contribution < -0.4 is 25.2 Å². The predicted molar refractivity (Wildman–Crippen MR) is 148 cm³/mol. The Morgan fingerprint density at radius 3 is 2.61 bits per heavy atom. The molecule has 1 saturated heterocycles. The zero-order valence-corrected chi connectivity index (χ0v) is 23.1. The number of rotatable bonds is 6. The summed E-state index contributed by atoms with van der Waals surface area (Å²) in [4.78, 5) is 41.8. The van der Waals surface area contributed by atoms with Gasteiger partial charge in [0.2, 0.25) is 11.9 Å². The Labute approximate surface area is 224 Å². The molecule has 1 aromatic carbocycles. The molecule has 3 heterocycles. The Bertz CT molecular complexity index is 1210. The Morgan fingerprint density at radius 2 is 1.92 bits per heavy atom. The lowest BCUT2D eigenvalue weighted by Gasteiger charge is -2.34. The Morgan fingerprint density at radius 1 is 1.16 bits per heavy atom. The highest BCUT2D eigenvalue weighted by Gasteiger charge is 2.41. The number of benzene rings is 1. The van der Waals surface area contributed by atoms with Crippen LogP contribution in [-0.2, 0) is 4.79 Å². The number of nitrogens with zero attached hydrogens (tertiary/aromatic N) is 5. The van der Waals surface area contributed by atoms with Crippen molar-refractivity contribution in [1.82, 2.24) is 20.2 Å². The third-order valence-corrected chi connectivity index (χ3v) is 8.03. The first-order valence-corrected chi connectivity index (χ1v) is 13.5. The van der Waals surface area contributed by atoms with Crippen molar-refractivity contribution < 1.29 is 14.3 Å². The van der Waals surface area contributed by atoms with Gasteiger partial charge in [-0.1, -0.05) is 12.8 Å². The molecule has 1 aromatic heterocycles. The second-order valence-corrected chi connectivity index (χ2v) is 11.5. The van der Waals surface area contributed by atoms with Crippen LogP contribution in [-0.4, -0.2) is 79.6 Å². The number of fused-ring (bicyclic) bond motifs is 1. The summed E-state index contributed by atoms with van der Waals surface area (Å²) in [5, 5.41) is 6.39. The van der Waals surface area contributed by atoms with E-state index in [9.17, 15) is 9.59 Å². The third-order valence-electron chi connectivity index (χ3n) is 8.03. The van der Waals surface area contributed by atoms with Gasteiger partial charge < -0.3 is 30.1 Å². The first-order valence-electron chi connectivity index (χ1n) is 13.5. The van der Waals surface area contributed by atoms with Crippen LogP contribution in [0.1, 0.15) is 56.3 Å². The fourth-order valence-corrected chi connectivity index (χ4v) is 5.90. The Kier molecular flexibility index (Phi) is 7.17. The van der Waals surface area contributed by atoms with Crippen LogP contribution >= 0.6 is 0 Å². The number of amides is 2. The maximum absolute atomic E-state index is 13.2. The van der Waals surface area contributed by atoms with Crippen LogP contribution in [0.15, 0.2) is 24.4 Å². The van der Waals surface area contributed by atoms with Gasteiger partial charge in [0.05, 0.1) is 24.4 Å². The first-order chi connectivity index (χ1) is 18.2. The largest absolute Gasteiger partial charge is 0.495 e. The smallest absolute Gasteiger partial charge is 0.251 e. The zero-order valence-electron chi connectivity index (χ0n) is 23.1.